The minimum absolute atomic E-state index is 0.171. The number of rotatable bonds is 6. The summed E-state index contributed by atoms with van der Waals surface area (Å²) in [6, 6.07) is 0. The van der Waals surface area contributed by atoms with Gasteiger partial charge in [0.2, 0.25) is 0 Å². The molecule has 1 saturated heterocycles. The van der Waals surface area contributed by atoms with Crippen LogP contribution in [-0.4, -0.2) is 56.7 Å². The predicted molar refractivity (Wildman–Crippen MR) is 76.7 cm³/mol. The molecule has 1 atom stereocenters. The van der Waals surface area contributed by atoms with Gasteiger partial charge in [0, 0.05) is 37.1 Å². The minimum Gasteiger partial charge on any atom is -0.444 e. The number of azide groups is 1. The van der Waals surface area contributed by atoms with Gasteiger partial charge in [-0.15, -0.1) is 0 Å². The molecule has 1 rings (SSSR count). The Bertz CT molecular complexity index is 403. The Hall–Kier alpha value is -1.50. The molecule has 0 saturated carbocycles. The SMILES string of the molecule is COCOCC1(CN=[N+]=[N-])CCN(C(=O)OC(C)(C)C)C1. The Kier molecular flexibility index (Phi) is 6.26. The summed E-state index contributed by atoms with van der Waals surface area (Å²) in [5, 5.41) is 3.65. The van der Waals surface area contributed by atoms with Gasteiger partial charge in [-0.1, -0.05) is 5.11 Å². The number of hydrogen-bond acceptors (Lipinski definition) is 5. The molecule has 0 N–H and O–H groups in total. The highest BCUT2D eigenvalue weighted by Gasteiger charge is 2.41. The average molecular weight is 300 g/mol. The van der Waals surface area contributed by atoms with E-state index in [9.17, 15) is 4.79 Å². The van der Waals surface area contributed by atoms with E-state index in [1.807, 2.05) is 20.8 Å². The summed E-state index contributed by atoms with van der Waals surface area (Å²) >= 11 is 0. The molecule has 0 aromatic carbocycles. The lowest BCUT2D eigenvalue weighted by Crippen LogP contribution is -2.39. The Morgan fingerprint density at radius 3 is 2.76 bits per heavy atom. The molecule has 0 aromatic rings. The first-order valence-electron chi connectivity index (χ1n) is 6.87. The van der Waals surface area contributed by atoms with Crippen LogP contribution >= 0.6 is 0 Å². The highest BCUT2D eigenvalue weighted by molar-refractivity contribution is 5.68. The van der Waals surface area contributed by atoms with Crippen molar-refractivity contribution in [1.82, 2.24) is 4.90 Å². The molecule has 120 valence electrons. The van der Waals surface area contributed by atoms with Crippen LogP contribution in [0.1, 0.15) is 27.2 Å². The first-order chi connectivity index (χ1) is 9.82. The second kappa shape index (κ2) is 7.49. The Balaban J connectivity index is 2.66. The maximum atomic E-state index is 12.1. The monoisotopic (exact) mass is 300 g/mol. The summed E-state index contributed by atoms with van der Waals surface area (Å²) in [6.45, 7) is 7.33. The van der Waals surface area contributed by atoms with E-state index in [2.05, 4.69) is 10.0 Å². The highest BCUT2D eigenvalue weighted by Crippen LogP contribution is 2.32. The number of carbonyl (C=O) groups is 1. The zero-order chi connectivity index (χ0) is 15.9. The number of likely N-dealkylation sites (tertiary alicyclic amines) is 1. The Morgan fingerprint density at radius 1 is 1.48 bits per heavy atom. The molecule has 0 bridgehead atoms. The minimum atomic E-state index is -0.528. The quantitative estimate of drug-likeness (QED) is 0.247. The summed E-state index contributed by atoms with van der Waals surface area (Å²) in [4.78, 5) is 16.5. The van der Waals surface area contributed by atoms with Gasteiger partial charge in [-0.05, 0) is 32.7 Å². The van der Waals surface area contributed by atoms with Gasteiger partial charge in [0.25, 0.3) is 0 Å². The van der Waals surface area contributed by atoms with Crippen LogP contribution in [0.5, 0.6) is 0 Å². The van der Waals surface area contributed by atoms with Crippen LogP contribution in [0, 0.1) is 5.41 Å². The third kappa shape index (κ3) is 5.79. The molecular weight excluding hydrogens is 276 g/mol. The first kappa shape index (κ1) is 17.6. The van der Waals surface area contributed by atoms with Gasteiger partial charge >= 0.3 is 6.09 Å². The number of ether oxygens (including phenoxy) is 3. The molecule has 0 radical (unpaired) electrons. The molecule has 0 aromatic heterocycles. The van der Waals surface area contributed by atoms with Gasteiger partial charge < -0.3 is 19.1 Å². The first-order valence-corrected chi connectivity index (χ1v) is 6.87. The van der Waals surface area contributed by atoms with Crippen LogP contribution in [0.15, 0.2) is 5.11 Å². The number of nitrogens with zero attached hydrogens (tertiary/aromatic N) is 4. The lowest BCUT2D eigenvalue weighted by atomic mass is 9.88. The van der Waals surface area contributed by atoms with Crippen molar-refractivity contribution in [3.05, 3.63) is 10.4 Å². The molecule has 1 unspecified atom stereocenters. The van der Waals surface area contributed by atoms with E-state index in [-0.39, 0.29) is 24.8 Å². The van der Waals surface area contributed by atoms with Gasteiger partial charge in [0.15, 0.2) is 0 Å². The lowest BCUT2D eigenvalue weighted by Gasteiger charge is -2.28. The summed E-state index contributed by atoms with van der Waals surface area (Å²) in [5.74, 6) is 0. The zero-order valence-corrected chi connectivity index (χ0v) is 13.2. The van der Waals surface area contributed by atoms with Crippen LogP contribution in [0.25, 0.3) is 10.4 Å². The third-order valence-corrected chi connectivity index (χ3v) is 3.17. The van der Waals surface area contributed by atoms with Crippen LogP contribution in [0.2, 0.25) is 0 Å². The van der Waals surface area contributed by atoms with Gasteiger partial charge in [0.1, 0.15) is 12.4 Å². The van der Waals surface area contributed by atoms with Crippen molar-refractivity contribution in [2.24, 2.45) is 10.5 Å². The van der Waals surface area contributed by atoms with Crippen molar-refractivity contribution < 1.29 is 19.0 Å². The van der Waals surface area contributed by atoms with E-state index >= 15 is 0 Å². The van der Waals surface area contributed by atoms with Gasteiger partial charge in [-0.2, -0.15) is 0 Å². The molecule has 8 heteroatoms. The van der Waals surface area contributed by atoms with Crippen molar-refractivity contribution in [3.63, 3.8) is 0 Å². The Morgan fingerprint density at radius 2 is 2.19 bits per heavy atom. The summed E-state index contributed by atoms with van der Waals surface area (Å²) in [7, 11) is 1.54. The van der Waals surface area contributed by atoms with E-state index in [1.54, 1.807) is 12.0 Å². The summed E-state index contributed by atoms with van der Waals surface area (Å²) < 4.78 is 15.6. The normalized spacial score (nSPS) is 22.0. The van der Waals surface area contributed by atoms with Crippen molar-refractivity contribution in [1.29, 1.82) is 0 Å². The maximum absolute atomic E-state index is 12.1. The molecule has 8 nitrogen and oxygen atoms in total. The lowest BCUT2D eigenvalue weighted by molar-refractivity contribution is -0.0612. The smallest absolute Gasteiger partial charge is 0.410 e. The van der Waals surface area contributed by atoms with Gasteiger partial charge in [-0.25, -0.2) is 4.79 Å². The van der Waals surface area contributed by atoms with Crippen LogP contribution in [0.4, 0.5) is 4.79 Å². The van der Waals surface area contributed by atoms with E-state index in [0.29, 0.717) is 26.1 Å². The van der Waals surface area contributed by atoms with Gasteiger partial charge in [-0.3, -0.25) is 0 Å². The average Bonchev–Trinajstić information content (AvgIpc) is 2.80. The zero-order valence-electron chi connectivity index (χ0n) is 13.2. The second-order valence-electron chi connectivity index (χ2n) is 6.30. The summed E-state index contributed by atoms with van der Waals surface area (Å²) in [5.41, 5.74) is 7.63. The maximum Gasteiger partial charge on any atom is 0.410 e. The fraction of sp³-hybridized carbons (Fsp3) is 0.923. The van der Waals surface area contributed by atoms with E-state index in [0.717, 1.165) is 0 Å². The molecule has 1 amide bonds. The van der Waals surface area contributed by atoms with Crippen molar-refractivity contribution in [3.8, 4) is 0 Å². The molecule has 1 heterocycles. The fourth-order valence-corrected chi connectivity index (χ4v) is 2.23. The topological polar surface area (TPSA) is 96.8 Å². The van der Waals surface area contributed by atoms with Crippen molar-refractivity contribution in [2.45, 2.75) is 32.8 Å². The molecular formula is C13H24N4O4. The predicted octanol–water partition coefficient (Wildman–Crippen LogP) is 2.54. The van der Waals surface area contributed by atoms with Crippen molar-refractivity contribution >= 4 is 6.09 Å². The second-order valence-corrected chi connectivity index (χ2v) is 6.30. The number of amides is 1. The van der Waals surface area contributed by atoms with E-state index < -0.39 is 5.60 Å². The van der Waals surface area contributed by atoms with Crippen LogP contribution in [0.3, 0.4) is 0 Å². The number of methoxy groups -OCH3 is 1. The van der Waals surface area contributed by atoms with Crippen LogP contribution in [-0.2, 0) is 14.2 Å². The molecule has 21 heavy (non-hydrogen) atoms. The third-order valence-electron chi connectivity index (χ3n) is 3.17. The Labute approximate surface area is 125 Å². The molecule has 0 aliphatic carbocycles. The molecule has 0 spiro atoms. The largest absolute Gasteiger partial charge is 0.444 e. The van der Waals surface area contributed by atoms with Crippen molar-refractivity contribution in [2.75, 3.05) is 40.1 Å². The standard InChI is InChI=1S/C13H24N4O4/c1-12(2,3)21-11(18)17-6-5-13(8-17,7-15-16-14)9-20-10-19-4/h5-10H2,1-4H3. The fourth-order valence-electron chi connectivity index (χ4n) is 2.23. The van der Waals surface area contributed by atoms with E-state index in [1.165, 1.54) is 0 Å². The van der Waals surface area contributed by atoms with E-state index in [4.69, 9.17) is 19.7 Å². The molecule has 1 fully saturated rings. The summed E-state index contributed by atoms with van der Waals surface area (Å²) in [6.07, 6.45) is 0.353. The molecule has 1 aliphatic heterocycles. The molecule has 1 aliphatic rings. The highest BCUT2D eigenvalue weighted by atomic mass is 16.7. The number of hydrogen-bond donors (Lipinski definition) is 0. The number of carbonyl (C=O) groups excluding carboxylic acids is 1. The van der Waals surface area contributed by atoms with Crippen LogP contribution < -0.4 is 0 Å². The van der Waals surface area contributed by atoms with Gasteiger partial charge in [0.05, 0.1) is 6.61 Å².